The maximum Gasteiger partial charge on any atom is 0.236 e. The number of carbonyl (C=O) groups excluding carboxylic acids is 1. The minimum absolute atomic E-state index is 0.248. The second kappa shape index (κ2) is 9.17. The molecule has 0 spiro atoms. The molecule has 25 heavy (non-hydrogen) atoms. The summed E-state index contributed by atoms with van der Waals surface area (Å²) in [6.45, 7) is 10.9. The molecule has 138 valence electrons. The third-order valence-corrected chi connectivity index (χ3v) is 4.85. The minimum atomic E-state index is 0.248. The van der Waals surface area contributed by atoms with Crippen LogP contribution in [0, 0.1) is 6.92 Å². The third kappa shape index (κ3) is 5.70. The zero-order valence-electron chi connectivity index (χ0n) is 15.2. The molecule has 1 amide bonds. The lowest BCUT2D eigenvalue weighted by Crippen LogP contribution is -2.52. The van der Waals surface area contributed by atoms with Gasteiger partial charge in [0.05, 0.1) is 19.8 Å². The molecule has 2 heterocycles. The van der Waals surface area contributed by atoms with E-state index >= 15 is 0 Å². The van der Waals surface area contributed by atoms with Gasteiger partial charge >= 0.3 is 0 Å². The molecule has 0 aromatic heterocycles. The van der Waals surface area contributed by atoms with Crippen LogP contribution in [-0.2, 0) is 9.53 Å². The van der Waals surface area contributed by atoms with Crippen LogP contribution in [-0.4, -0.2) is 92.8 Å². The summed E-state index contributed by atoms with van der Waals surface area (Å²) in [6, 6.07) is 8.14. The average molecular weight is 347 g/mol. The maximum atomic E-state index is 12.4. The van der Waals surface area contributed by atoms with E-state index in [0.717, 1.165) is 64.8 Å². The number of nitrogens with zero attached hydrogens (tertiary/aromatic N) is 3. The van der Waals surface area contributed by atoms with Crippen LogP contribution in [0.4, 0.5) is 0 Å². The van der Waals surface area contributed by atoms with Gasteiger partial charge in [-0.25, -0.2) is 0 Å². The van der Waals surface area contributed by atoms with E-state index < -0.39 is 0 Å². The fourth-order valence-corrected chi connectivity index (χ4v) is 3.27. The quantitative estimate of drug-likeness (QED) is 0.763. The minimum Gasteiger partial charge on any atom is -0.492 e. The summed E-state index contributed by atoms with van der Waals surface area (Å²) in [5, 5.41) is 0. The van der Waals surface area contributed by atoms with E-state index in [1.165, 1.54) is 5.56 Å². The van der Waals surface area contributed by atoms with Crippen LogP contribution < -0.4 is 4.74 Å². The van der Waals surface area contributed by atoms with Crippen molar-refractivity contribution < 1.29 is 14.3 Å². The number of piperazine rings is 1. The molecule has 2 aliphatic rings. The van der Waals surface area contributed by atoms with Crippen LogP contribution in [0.2, 0.25) is 0 Å². The fourth-order valence-electron chi connectivity index (χ4n) is 3.27. The largest absolute Gasteiger partial charge is 0.492 e. The zero-order chi connectivity index (χ0) is 17.5. The summed E-state index contributed by atoms with van der Waals surface area (Å²) < 4.78 is 11.2. The van der Waals surface area contributed by atoms with Gasteiger partial charge in [0.15, 0.2) is 0 Å². The molecule has 2 saturated heterocycles. The Labute approximate surface area is 150 Å². The summed E-state index contributed by atoms with van der Waals surface area (Å²) in [5.41, 5.74) is 1.21. The van der Waals surface area contributed by atoms with Crippen molar-refractivity contribution in [1.82, 2.24) is 14.7 Å². The monoisotopic (exact) mass is 347 g/mol. The van der Waals surface area contributed by atoms with E-state index in [1.54, 1.807) is 0 Å². The lowest BCUT2D eigenvalue weighted by atomic mass is 10.2. The molecule has 0 aliphatic carbocycles. The second-order valence-electron chi connectivity index (χ2n) is 6.78. The van der Waals surface area contributed by atoms with Crippen LogP contribution in [0.5, 0.6) is 5.75 Å². The topological polar surface area (TPSA) is 45.2 Å². The Morgan fingerprint density at radius 1 is 1.08 bits per heavy atom. The molecule has 2 fully saturated rings. The molecule has 0 bridgehead atoms. The molecular weight excluding hydrogens is 318 g/mol. The number of hydrogen-bond acceptors (Lipinski definition) is 5. The van der Waals surface area contributed by atoms with Gasteiger partial charge in [-0.2, -0.15) is 0 Å². The molecule has 6 heteroatoms. The third-order valence-electron chi connectivity index (χ3n) is 4.85. The number of hydrogen-bond donors (Lipinski definition) is 0. The molecule has 1 aromatic rings. The molecule has 0 unspecified atom stereocenters. The molecule has 0 radical (unpaired) electrons. The van der Waals surface area contributed by atoms with Crippen molar-refractivity contribution in [3.05, 3.63) is 29.8 Å². The average Bonchev–Trinajstić information content (AvgIpc) is 2.63. The fraction of sp³-hybridized carbons (Fsp3) is 0.632. The second-order valence-corrected chi connectivity index (χ2v) is 6.78. The number of aryl methyl sites for hydroxylation is 1. The van der Waals surface area contributed by atoms with Crippen LogP contribution in [0.3, 0.4) is 0 Å². The number of carbonyl (C=O) groups is 1. The van der Waals surface area contributed by atoms with Crippen molar-refractivity contribution >= 4 is 5.91 Å². The van der Waals surface area contributed by atoms with E-state index in [9.17, 15) is 4.79 Å². The first-order chi connectivity index (χ1) is 12.2. The van der Waals surface area contributed by atoms with Gasteiger partial charge in [0, 0.05) is 45.8 Å². The first-order valence-electron chi connectivity index (χ1n) is 9.20. The van der Waals surface area contributed by atoms with E-state index in [4.69, 9.17) is 9.47 Å². The predicted octanol–water partition coefficient (Wildman–Crippen LogP) is 0.850. The highest BCUT2D eigenvalue weighted by Gasteiger charge is 2.23. The smallest absolute Gasteiger partial charge is 0.236 e. The lowest BCUT2D eigenvalue weighted by Gasteiger charge is -2.36. The van der Waals surface area contributed by atoms with Gasteiger partial charge in [0.1, 0.15) is 12.4 Å². The van der Waals surface area contributed by atoms with Crippen molar-refractivity contribution in [2.45, 2.75) is 6.92 Å². The van der Waals surface area contributed by atoms with E-state index in [2.05, 4.69) is 28.9 Å². The number of benzene rings is 1. The molecule has 1 aromatic carbocycles. The standard InChI is InChI=1S/C19H29N3O3/c1-17-3-2-4-18(15-17)25-14-11-20-5-7-22(8-6-20)19(23)16-21-9-12-24-13-10-21/h2-4,15H,5-14,16H2,1H3. The molecule has 3 rings (SSSR count). The van der Waals surface area contributed by atoms with Crippen LogP contribution in [0.25, 0.3) is 0 Å². The van der Waals surface area contributed by atoms with Crippen molar-refractivity contribution in [3.63, 3.8) is 0 Å². The van der Waals surface area contributed by atoms with Crippen molar-refractivity contribution in [3.8, 4) is 5.75 Å². The van der Waals surface area contributed by atoms with Crippen LogP contribution in [0.1, 0.15) is 5.56 Å². The molecule has 0 N–H and O–H groups in total. The van der Waals surface area contributed by atoms with Crippen molar-refractivity contribution in [2.24, 2.45) is 0 Å². The summed E-state index contributed by atoms with van der Waals surface area (Å²) in [4.78, 5) is 19.0. The van der Waals surface area contributed by atoms with Crippen LogP contribution in [0.15, 0.2) is 24.3 Å². The highest BCUT2D eigenvalue weighted by molar-refractivity contribution is 5.78. The normalized spacial score (nSPS) is 19.8. The summed E-state index contributed by atoms with van der Waals surface area (Å²) in [5.74, 6) is 1.18. The first kappa shape index (κ1) is 18.2. The van der Waals surface area contributed by atoms with E-state index in [0.29, 0.717) is 13.2 Å². The van der Waals surface area contributed by atoms with Gasteiger partial charge in [-0.05, 0) is 24.6 Å². The van der Waals surface area contributed by atoms with Crippen molar-refractivity contribution in [2.75, 3.05) is 72.2 Å². The summed E-state index contributed by atoms with van der Waals surface area (Å²) in [7, 11) is 0. The van der Waals surface area contributed by atoms with Crippen LogP contribution >= 0.6 is 0 Å². The zero-order valence-corrected chi connectivity index (χ0v) is 15.2. The Balaban J connectivity index is 1.33. The Morgan fingerprint density at radius 3 is 2.56 bits per heavy atom. The molecule has 0 saturated carbocycles. The maximum absolute atomic E-state index is 12.4. The van der Waals surface area contributed by atoms with Gasteiger partial charge in [-0.3, -0.25) is 14.6 Å². The summed E-state index contributed by atoms with van der Waals surface area (Å²) in [6.07, 6.45) is 0. The van der Waals surface area contributed by atoms with Gasteiger partial charge in [-0.1, -0.05) is 12.1 Å². The highest BCUT2D eigenvalue weighted by atomic mass is 16.5. The van der Waals surface area contributed by atoms with Crippen molar-refractivity contribution in [1.29, 1.82) is 0 Å². The van der Waals surface area contributed by atoms with Gasteiger partial charge in [0.25, 0.3) is 0 Å². The molecule has 0 atom stereocenters. The number of morpholine rings is 1. The summed E-state index contributed by atoms with van der Waals surface area (Å²) >= 11 is 0. The Bertz CT molecular complexity index is 553. The number of amides is 1. The molecule has 6 nitrogen and oxygen atoms in total. The highest BCUT2D eigenvalue weighted by Crippen LogP contribution is 2.12. The van der Waals surface area contributed by atoms with Gasteiger partial charge < -0.3 is 14.4 Å². The molecule has 2 aliphatic heterocycles. The lowest BCUT2D eigenvalue weighted by molar-refractivity contribution is -0.135. The predicted molar refractivity (Wildman–Crippen MR) is 97.0 cm³/mol. The SMILES string of the molecule is Cc1cccc(OCCN2CCN(C(=O)CN3CCOCC3)CC2)c1. The molecular formula is C19H29N3O3. The Morgan fingerprint density at radius 2 is 1.84 bits per heavy atom. The number of ether oxygens (including phenoxy) is 2. The van der Waals surface area contributed by atoms with Gasteiger partial charge in [0.2, 0.25) is 5.91 Å². The van der Waals surface area contributed by atoms with Gasteiger partial charge in [-0.15, -0.1) is 0 Å². The van der Waals surface area contributed by atoms with E-state index in [1.807, 2.05) is 17.0 Å². The Kier molecular flexibility index (Phi) is 6.67. The van der Waals surface area contributed by atoms with E-state index in [-0.39, 0.29) is 5.91 Å². The Hall–Kier alpha value is -1.63. The number of rotatable bonds is 6. The first-order valence-corrected chi connectivity index (χ1v) is 9.20.